The standard InChI is InChI=1S/C25H35N7O8S/c1-41-7-6-18(24(38)32-20(25(39)40)9-15-10-27-13-29-15)30-21(35)11-28-23(37)19(31-22(36)17(26)12-33)8-14-2-4-16(34)5-3-14/h2-5,10,13,17-20,33-34H,6-9,11-12,26H2,1H3,(H,27,29)(H,28,37)(H,30,35)(H,31,36)(H,32,38)(H,39,40)/t17-,18-,19-,20-/m0/s1. The summed E-state index contributed by atoms with van der Waals surface area (Å²) in [6, 6.07) is 1.11. The third-order valence-electron chi connectivity index (χ3n) is 5.82. The van der Waals surface area contributed by atoms with Crippen molar-refractivity contribution in [1.29, 1.82) is 0 Å². The van der Waals surface area contributed by atoms with E-state index in [1.165, 1.54) is 36.4 Å². The summed E-state index contributed by atoms with van der Waals surface area (Å²) in [5, 5.41) is 38.0. The summed E-state index contributed by atoms with van der Waals surface area (Å²) < 4.78 is 0. The Morgan fingerprint density at radius 1 is 0.976 bits per heavy atom. The first-order valence-electron chi connectivity index (χ1n) is 12.5. The van der Waals surface area contributed by atoms with E-state index in [-0.39, 0.29) is 25.0 Å². The molecule has 2 rings (SSSR count). The molecule has 0 unspecified atom stereocenters. The molecule has 224 valence electrons. The summed E-state index contributed by atoms with van der Waals surface area (Å²) in [5.41, 5.74) is 6.63. The van der Waals surface area contributed by atoms with E-state index in [0.29, 0.717) is 17.0 Å². The van der Waals surface area contributed by atoms with Crippen molar-refractivity contribution >= 4 is 41.4 Å². The van der Waals surface area contributed by atoms with Crippen LogP contribution in [0.3, 0.4) is 0 Å². The molecule has 0 radical (unpaired) electrons. The maximum Gasteiger partial charge on any atom is 0.326 e. The molecule has 0 aliphatic carbocycles. The minimum Gasteiger partial charge on any atom is -0.508 e. The molecule has 41 heavy (non-hydrogen) atoms. The van der Waals surface area contributed by atoms with Crippen molar-refractivity contribution in [2.45, 2.75) is 43.4 Å². The molecule has 15 nitrogen and oxygen atoms in total. The second-order valence-electron chi connectivity index (χ2n) is 9.02. The number of aromatic hydroxyl groups is 1. The summed E-state index contributed by atoms with van der Waals surface area (Å²) >= 11 is 1.42. The average Bonchev–Trinajstić information content (AvgIpc) is 3.46. The maximum absolute atomic E-state index is 12.9. The number of aliphatic hydroxyl groups is 1. The highest BCUT2D eigenvalue weighted by atomic mass is 32.2. The summed E-state index contributed by atoms with van der Waals surface area (Å²) in [6.45, 7) is -1.20. The maximum atomic E-state index is 12.9. The highest BCUT2D eigenvalue weighted by Crippen LogP contribution is 2.12. The zero-order chi connectivity index (χ0) is 30.4. The number of phenolic OH excluding ortho intramolecular Hbond substituents is 1. The van der Waals surface area contributed by atoms with Gasteiger partial charge in [0.1, 0.15) is 29.9 Å². The van der Waals surface area contributed by atoms with Gasteiger partial charge in [-0.25, -0.2) is 9.78 Å². The van der Waals surface area contributed by atoms with E-state index in [2.05, 4.69) is 31.2 Å². The van der Waals surface area contributed by atoms with Crippen LogP contribution in [0.25, 0.3) is 0 Å². The van der Waals surface area contributed by atoms with E-state index in [1.807, 2.05) is 0 Å². The number of nitrogens with one attached hydrogen (secondary N) is 5. The number of aliphatic carboxylic acids is 1. The fraction of sp³-hybridized carbons (Fsp3) is 0.440. The molecule has 1 heterocycles. The van der Waals surface area contributed by atoms with Gasteiger partial charge >= 0.3 is 5.97 Å². The summed E-state index contributed by atoms with van der Waals surface area (Å²) in [5.74, 6) is -3.72. The Morgan fingerprint density at radius 2 is 1.66 bits per heavy atom. The fourth-order valence-corrected chi connectivity index (χ4v) is 4.04. The summed E-state index contributed by atoms with van der Waals surface area (Å²) in [7, 11) is 0. The van der Waals surface area contributed by atoms with Crippen molar-refractivity contribution in [2.75, 3.05) is 25.2 Å². The van der Waals surface area contributed by atoms with Crippen LogP contribution < -0.4 is 27.0 Å². The number of phenols is 1. The second kappa shape index (κ2) is 16.8. The van der Waals surface area contributed by atoms with Crippen molar-refractivity contribution in [3.8, 4) is 5.75 Å². The predicted octanol–water partition coefficient (Wildman–Crippen LogP) is -2.37. The van der Waals surface area contributed by atoms with Gasteiger partial charge in [-0.3, -0.25) is 19.2 Å². The first kappa shape index (κ1) is 33.1. The molecule has 1 aromatic carbocycles. The van der Waals surface area contributed by atoms with E-state index in [4.69, 9.17) is 10.8 Å². The predicted molar refractivity (Wildman–Crippen MR) is 149 cm³/mol. The quantitative estimate of drug-likeness (QED) is 0.0937. The molecule has 0 aliphatic heterocycles. The van der Waals surface area contributed by atoms with Gasteiger partial charge in [0.25, 0.3) is 0 Å². The van der Waals surface area contributed by atoms with Gasteiger partial charge in [0.2, 0.25) is 23.6 Å². The van der Waals surface area contributed by atoms with Crippen molar-refractivity contribution in [2.24, 2.45) is 5.73 Å². The van der Waals surface area contributed by atoms with Crippen LogP contribution in [0.5, 0.6) is 5.75 Å². The van der Waals surface area contributed by atoms with E-state index in [9.17, 15) is 34.2 Å². The molecule has 2 aromatic rings. The lowest BCUT2D eigenvalue weighted by atomic mass is 10.0. The number of carboxylic acids is 1. The van der Waals surface area contributed by atoms with Crippen LogP contribution in [0.1, 0.15) is 17.7 Å². The number of hydrogen-bond donors (Lipinski definition) is 9. The Hall–Kier alpha value is -4.15. The number of carboxylic acid groups (broad SMARTS) is 1. The number of carbonyl (C=O) groups is 5. The van der Waals surface area contributed by atoms with Crippen LogP contribution in [-0.2, 0) is 36.8 Å². The Bertz CT molecular complexity index is 1160. The minimum atomic E-state index is -1.27. The highest BCUT2D eigenvalue weighted by Gasteiger charge is 2.28. The number of nitrogens with zero attached hydrogens (tertiary/aromatic N) is 1. The number of benzene rings is 1. The van der Waals surface area contributed by atoms with Gasteiger partial charge in [-0.15, -0.1) is 0 Å². The molecule has 4 amide bonds. The largest absolute Gasteiger partial charge is 0.508 e. The molecule has 10 N–H and O–H groups in total. The third kappa shape index (κ3) is 11.5. The average molecular weight is 594 g/mol. The van der Waals surface area contributed by atoms with Gasteiger partial charge < -0.3 is 47.3 Å². The number of aromatic amines is 1. The number of imidazole rings is 1. The number of amides is 4. The first-order chi connectivity index (χ1) is 19.5. The van der Waals surface area contributed by atoms with Crippen molar-refractivity contribution in [3.05, 3.63) is 48.0 Å². The number of H-pyrrole nitrogens is 1. The molecule has 0 spiro atoms. The van der Waals surface area contributed by atoms with Gasteiger partial charge in [-0.2, -0.15) is 11.8 Å². The monoisotopic (exact) mass is 593 g/mol. The van der Waals surface area contributed by atoms with E-state index in [1.54, 1.807) is 18.4 Å². The SMILES string of the molecule is CSCC[C@H](NC(=O)CNC(=O)[C@H](Cc1ccc(O)cc1)NC(=O)[C@@H](N)CO)C(=O)N[C@@H](Cc1cnc[nH]1)C(=O)O. The van der Waals surface area contributed by atoms with Crippen molar-refractivity contribution in [1.82, 2.24) is 31.2 Å². The first-order valence-corrected chi connectivity index (χ1v) is 13.9. The molecule has 0 fully saturated rings. The topological polar surface area (TPSA) is 249 Å². The Morgan fingerprint density at radius 3 is 2.24 bits per heavy atom. The van der Waals surface area contributed by atoms with Gasteiger partial charge in [-0.05, 0) is 36.1 Å². The third-order valence-corrected chi connectivity index (χ3v) is 6.47. The molecule has 0 aliphatic rings. The summed E-state index contributed by atoms with van der Waals surface area (Å²) in [6.07, 6.45) is 4.76. The van der Waals surface area contributed by atoms with E-state index in [0.717, 1.165) is 0 Å². The number of aliphatic hydroxyl groups excluding tert-OH is 1. The molecular formula is C25H35N7O8S. The van der Waals surface area contributed by atoms with Crippen LogP contribution in [-0.4, -0.2) is 104 Å². The van der Waals surface area contributed by atoms with Crippen LogP contribution in [0, 0.1) is 0 Å². The molecular weight excluding hydrogens is 558 g/mol. The van der Waals surface area contributed by atoms with Gasteiger partial charge in [-0.1, -0.05) is 12.1 Å². The minimum absolute atomic E-state index is 0.00816. The molecule has 16 heteroatoms. The number of aromatic nitrogens is 2. The highest BCUT2D eigenvalue weighted by molar-refractivity contribution is 7.98. The molecule has 0 saturated carbocycles. The lowest BCUT2D eigenvalue weighted by Gasteiger charge is -2.22. The molecule has 4 atom stereocenters. The lowest BCUT2D eigenvalue weighted by Crippen LogP contribution is -2.56. The normalized spacial score (nSPS) is 13.7. The van der Waals surface area contributed by atoms with Gasteiger partial charge in [0, 0.05) is 24.7 Å². The van der Waals surface area contributed by atoms with E-state index >= 15 is 0 Å². The van der Waals surface area contributed by atoms with Crippen LogP contribution in [0.15, 0.2) is 36.8 Å². The van der Waals surface area contributed by atoms with Gasteiger partial charge in [0.05, 0.1) is 19.5 Å². The zero-order valence-electron chi connectivity index (χ0n) is 22.3. The number of hydrogen-bond acceptors (Lipinski definition) is 10. The number of nitrogens with two attached hydrogens (primary N) is 1. The number of carbonyl (C=O) groups excluding carboxylic acids is 4. The van der Waals surface area contributed by atoms with E-state index < -0.39 is 66.9 Å². The van der Waals surface area contributed by atoms with Crippen molar-refractivity contribution < 1.29 is 39.3 Å². The number of rotatable bonds is 17. The number of thioether (sulfide) groups is 1. The lowest BCUT2D eigenvalue weighted by molar-refractivity contribution is -0.142. The second-order valence-corrected chi connectivity index (χ2v) is 10.0. The van der Waals surface area contributed by atoms with Crippen LogP contribution >= 0.6 is 11.8 Å². The van der Waals surface area contributed by atoms with Gasteiger partial charge in [0.15, 0.2) is 0 Å². The molecule has 1 aromatic heterocycles. The smallest absolute Gasteiger partial charge is 0.326 e. The summed E-state index contributed by atoms with van der Waals surface area (Å²) in [4.78, 5) is 69.0. The van der Waals surface area contributed by atoms with Crippen LogP contribution in [0.2, 0.25) is 0 Å². The molecule has 0 saturated heterocycles. The Labute approximate surface area is 240 Å². The van der Waals surface area contributed by atoms with Crippen LogP contribution in [0.4, 0.5) is 0 Å². The Kier molecular flexibility index (Phi) is 13.6. The molecule has 0 bridgehead atoms. The zero-order valence-corrected chi connectivity index (χ0v) is 23.1. The Balaban J connectivity index is 2.03. The fourth-order valence-electron chi connectivity index (χ4n) is 3.57. The van der Waals surface area contributed by atoms with Crippen molar-refractivity contribution in [3.63, 3.8) is 0 Å².